The van der Waals surface area contributed by atoms with Crippen LogP contribution in [0.3, 0.4) is 0 Å². The zero-order valence-electron chi connectivity index (χ0n) is 14.6. The molecule has 0 spiro atoms. The summed E-state index contributed by atoms with van der Waals surface area (Å²) in [5, 5.41) is 2.55. The predicted octanol–water partition coefficient (Wildman–Crippen LogP) is 1.93. The van der Waals surface area contributed by atoms with Crippen LogP contribution < -0.4 is 16.8 Å². The molecule has 138 valence electrons. The fourth-order valence-electron chi connectivity index (χ4n) is 3.84. The van der Waals surface area contributed by atoms with Gasteiger partial charge in [0.2, 0.25) is 5.91 Å². The van der Waals surface area contributed by atoms with E-state index in [9.17, 15) is 9.59 Å². The van der Waals surface area contributed by atoms with E-state index < -0.39 is 18.0 Å². The van der Waals surface area contributed by atoms with E-state index in [-0.39, 0.29) is 18.4 Å². The third kappa shape index (κ3) is 3.80. The monoisotopic (exact) mass is 355 g/mol. The highest BCUT2D eigenvalue weighted by atomic mass is 16.5. The second-order valence-corrected chi connectivity index (χ2v) is 6.74. The van der Waals surface area contributed by atoms with Gasteiger partial charge in [-0.2, -0.15) is 0 Å². The minimum atomic E-state index is -0.757. The molecule has 3 rings (SSSR count). The molecule has 0 aromatic heterocycles. The summed E-state index contributed by atoms with van der Waals surface area (Å²) in [4.78, 5) is 23.6. The second-order valence-electron chi connectivity index (χ2n) is 6.74. The summed E-state index contributed by atoms with van der Waals surface area (Å²) in [6, 6.07) is 7.51. The standard InChI is InChI=1S/C20H25N3O3/c21-11-5-10-18(19(22)24)23-20(25)26-12-17-15-8-3-1-6-13(15)14-7-2-4-9-16(14)17/h1-4,6-9,13,15,17-18H,5,10-12,21H2,(H2,22,24)(H,23,25)/t13?,15-,17?,18?/m0/s1. The Hall–Kier alpha value is -2.60. The van der Waals surface area contributed by atoms with E-state index in [4.69, 9.17) is 16.2 Å². The van der Waals surface area contributed by atoms with Gasteiger partial charge in [0.05, 0.1) is 0 Å². The first-order valence-electron chi connectivity index (χ1n) is 8.98. The number of rotatable bonds is 7. The number of nitrogens with two attached hydrogens (primary N) is 2. The van der Waals surface area contributed by atoms with Gasteiger partial charge in [-0.3, -0.25) is 4.79 Å². The number of benzene rings is 1. The van der Waals surface area contributed by atoms with Gasteiger partial charge in [-0.1, -0.05) is 48.6 Å². The lowest BCUT2D eigenvalue weighted by Crippen LogP contribution is -2.45. The Labute approximate surface area is 153 Å². The third-order valence-electron chi connectivity index (χ3n) is 5.12. The first kappa shape index (κ1) is 18.2. The maximum absolute atomic E-state index is 12.1. The van der Waals surface area contributed by atoms with Crippen molar-refractivity contribution in [2.45, 2.75) is 30.7 Å². The number of nitrogens with one attached hydrogen (secondary N) is 1. The highest BCUT2D eigenvalue weighted by Crippen LogP contribution is 2.49. The normalized spacial score (nSPS) is 23.8. The first-order chi connectivity index (χ1) is 12.6. The molecule has 3 unspecified atom stereocenters. The zero-order chi connectivity index (χ0) is 18.5. The van der Waals surface area contributed by atoms with Gasteiger partial charge in [0.1, 0.15) is 12.6 Å². The van der Waals surface area contributed by atoms with Crippen LogP contribution >= 0.6 is 0 Å². The van der Waals surface area contributed by atoms with E-state index >= 15 is 0 Å². The van der Waals surface area contributed by atoms with Gasteiger partial charge in [0, 0.05) is 11.8 Å². The summed E-state index contributed by atoms with van der Waals surface area (Å²) in [6.07, 6.45) is 8.85. The molecule has 0 fully saturated rings. The molecular formula is C20H25N3O3. The largest absolute Gasteiger partial charge is 0.449 e. The van der Waals surface area contributed by atoms with Crippen LogP contribution in [0, 0.1) is 5.92 Å². The van der Waals surface area contributed by atoms with Gasteiger partial charge in [-0.15, -0.1) is 0 Å². The van der Waals surface area contributed by atoms with Crippen molar-refractivity contribution in [3.05, 3.63) is 59.7 Å². The van der Waals surface area contributed by atoms with Crippen molar-refractivity contribution >= 4 is 12.0 Å². The number of carbonyl (C=O) groups excluding carboxylic acids is 2. The lowest BCUT2D eigenvalue weighted by molar-refractivity contribution is -0.120. The minimum absolute atomic E-state index is 0.0965. The molecule has 1 aromatic carbocycles. The molecular weight excluding hydrogens is 330 g/mol. The van der Waals surface area contributed by atoms with E-state index in [1.807, 2.05) is 18.2 Å². The first-order valence-corrected chi connectivity index (χ1v) is 8.98. The Kier molecular flexibility index (Phi) is 5.73. The van der Waals surface area contributed by atoms with Crippen molar-refractivity contribution in [2.24, 2.45) is 17.4 Å². The van der Waals surface area contributed by atoms with Crippen LogP contribution in [0.25, 0.3) is 0 Å². The van der Waals surface area contributed by atoms with E-state index in [1.54, 1.807) is 0 Å². The predicted molar refractivity (Wildman–Crippen MR) is 99.4 cm³/mol. The quantitative estimate of drug-likeness (QED) is 0.694. The molecule has 6 heteroatoms. The smallest absolute Gasteiger partial charge is 0.407 e. The highest BCUT2D eigenvalue weighted by Gasteiger charge is 2.39. The van der Waals surface area contributed by atoms with Crippen LogP contribution in [0.5, 0.6) is 0 Å². The molecule has 2 aliphatic rings. The van der Waals surface area contributed by atoms with Gasteiger partial charge in [0.15, 0.2) is 0 Å². The molecule has 0 aliphatic heterocycles. The van der Waals surface area contributed by atoms with Crippen molar-refractivity contribution < 1.29 is 14.3 Å². The number of hydrogen-bond donors (Lipinski definition) is 3. The van der Waals surface area contributed by atoms with E-state index in [0.717, 1.165) is 0 Å². The SMILES string of the molecule is NCCCC(NC(=O)OCC1c2ccccc2C2C=CC=C[C@@H]21)C(N)=O. The number of ether oxygens (including phenoxy) is 1. The number of fused-ring (bicyclic) bond motifs is 3. The van der Waals surface area contributed by atoms with Gasteiger partial charge in [0.25, 0.3) is 0 Å². The fraction of sp³-hybridized carbons (Fsp3) is 0.400. The van der Waals surface area contributed by atoms with Crippen LogP contribution in [-0.4, -0.2) is 31.2 Å². The van der Waals surface area contributed by atoms with Crippen molar-refractivity contribution in [3.63, 3.8) is 0 Å². The molecule has 0 heterocycles. The second kappa shape index (κ2) is 8.19. The molecule has 6 nitrogen and oxygen atoms in total. The number of primary amides is 1. The highest BCUT2D eigenvalue weighted by molar-refractivity contribution is 5.84. The summed E-state index contributed by atoms with van der Waals surface area (Å²) >= 11 is 0. The molecule has 2 amide bonds. The van der Waals surface area contributed by atoms with Crippen molar-refractivity contribution in [2.75, 3.05) is 13.2 Å². The lowest BCUT2D eigenvalue weighted by atomic mass is 9.84. The van der Waals surface area contributed by atoms with Gasteiger partial charge >= 0.3 is 6.09 Å². The van der Waals surface area contributed by atoms with Crippen LogP contribution in [-0.2, 0) is 9.53 Å². The Morgan fingerprint density at radius 2 is 1.88 bits per heavy atom. The summed E-state index contributed by atoms with van der Waals surface area (Å²) in [5.74, 6) is 0.103. The molecule has 0 saturated heterocycles. The van der Waals surface area contributed by atoms with Crippen LogP contribution in [0.1, 0.15) is 35.8 Å². The summed E-state index contributed by atoms with van der Waals surface area (Å²) in [7, 11) is 0. The Morgan fingerprint density at radius 1 is 1.15 bits per heavy atom. The van der Waals surface area contributed by atoms with Crippen molar-refractivity contribution in [1.29, 1.82) is 0 Å². The lowest BCUT2D eigenvalue weighted by Gasteiger charge is -2.23. The Bertz CT molecular complexity index is 729. The van der Waals surface area contributed by atoms with E-state index in [0.29, 0.717) is 25.3 Å². The summed E-state index contributed by atoms with van der Waals surface area (Å²) < 4.78 is 5.45. The molecule has 0 bridgehead atoms. The maximum Gasteiger partial charge on any atom is 0.407 e. The van der Waals surface area contributed by atoms with Crippen LogP contribution in [0.2, 0.25) is 0 Å². The molecule has 5 N–H and O–H groups in total. The summed E-state index contributed by atoms with van der Waals surface area (Å²) in [6.45, 7) is 0.687. The van der Waals surface area contributed by atoms with E-state index in [1.165, 1.54) is 11.1 Å². The number of carbonyl (C=O) groups is 2. The van der Waals surface area contributed by atoms with Gasteiger partial charge in [-0.25, -0.2) is 4.79 Å². The number of allylic oxidation sites excluding steroid dienone is 4. The Balaban J connectivity index is 1.63. The molecule has 0 saturated carbocycles. The van der Waals surface area contributed by atoms with Gasteiger partial charge < -0.3 is 21.5 Å². The topological polar surface area (TPSA) is 107 Å². The molecule has 4 atom stereocenters. The number of alkyl carbamates (subject to hydrolysis) is 1. The zero-order valence-corrected chi connectivity index (χ0v) is 14.6. The number of amides is 2. The average Bonchev–Trinajstić information content (AvgIpc) is 2.97. The minimum Gasteiger partial charge on any atom is -0.449 e. The third-order valence-corrected chi connectivity index (χ3v) is 5.12. The Morgan fingerprint density at radius 3 is 2.62 bits per heavy atom. The molecule has 26 heavy (non-hydrogen) atoms. The van der Waals surface area contributed by atoms with Crippen molar-refractivity contribution in [1.82, 2.24) is 5.32 Å². The maximum atomic E-state index is 12.1. The number of hydrogen-bond acceptors (Lipinski definition) is 4. The molecule has 1 aromatic rings. The molecule has 0 radical (unpaired) electrons. The average molecular weight is 355 g/mol. The van der Waals surface area contributed by atoms with Gasteiger partial charge in [-0.05, 0) is 36.4 Å². The summed E-state index contributed by atoms with van der Waals surface area (Å²) in [5.41, 5.74) is 13.3. The fourth-order valence-corrected chi connectivity index (χ4v) is 3.84. The van der Waals surface area contributed by atoms with Crippen LogP contribution in [0.4, 0.5) is 4.79 Å². The van der Waals surface area contributed by atoms with Crippen LogP contribution in [0.15, 0.2) is 48.6 Å². The van der Waals surface area contributed by atoms with Crippen molar-refractivity contribution in [3.8, 4) is 0 Å². The molecule has 2 aliphatic carbocycles. The van der Waals surface area contributed by atoms with E-state index in [2.05, 4.69) is 35.7 Å².